The fraction of sp³-hybridized carbons (Fsp3) is 0.182. The van der Waals surface area contributed by atoms with Crippen LogP contribution in [0.2, 0.25) is 0 Å². The highest BCUT2D eigenvalue weighted by Crippen LogP contribution is 2.15. The number of hydrogen-bond acceptors (Lipinski definition) is 4. The molecule has 0 saturated carbocycles. The molecule has 0 atom stereocenters. The first-order valence-corrected chi connectivity index (χ1v) is 4.38. The molecule has 4 heteroatoms. The number of hydrogen-bond donors (Lipinski definition) is 1. The average Bonchev–Trinajstić information content (AvgIpc) is 2.24. The van der Waals surface area contributed by atoms with E-state index in [1.165, 1.54) is 0 Å². The average molecular weight is 198 g/mol. The van der Waals surface area contributed by atoms with Crippen LogP contribution in [0.25, 0.3) is 0 Å². The van der Waals surface area contributed by atoms with Crippen molar-refractivity contribution in [2.45, 2.75) is 13.8 Å². The summed E-state index contributed by atoms with van der Waals surface area (Å²) in [6, 6.07) is 9.21. The van der Waals surface area contributed by atoms with Crippen LogP contribution in [0.3, 0.4) is 0 Å². The molecule has 1 aromatic rings. The van der Waals surface area contributed by atoms with Crippen molar-refractivity contribution < 1.29 is 0 Å². The molecule has 0 amide bonds. The highest BCUT2D eigenvalue weighted by atomic mass is 15.3. The molecule has 4 nitrogen and oxygen atoms in total. The summed E-state index contributed by atoms with van der Waals surface area (Å²) in [6.45, 7) is 3.89. The third-order valence-corrected chi connectivity index (χ3v) is 1.89. The van der Waals surface area contributed by atoms with Crippen LogP contribution < -0.4 is 5.43 Å². The topological polar surface area (TPSA) is 72.0 Å². The number of anilines is 1. The summed E-state index contributed by atoms with van der Waals surface area (Å²) in [5.41, 5.74) is 5.42. The van der Waals surface area contributed by atoms with Gasteiger partial charge in [-0.05, 0) is 31.0 Å². The minimum Gasteiger partial charge on any atom is -0.276 e. The van der Waals surface area contributed by atoms with Crippen LogP contribution in [0.1, 0.15) is 11.1 Å². The molecule has 0 saturated heterocycles. The number of benzene rings is 1. The van der Waals surface area contributed by atoms with Gasteiger partial charge in [0.1, 0.15) is 12.1 Å². The molecule has 0 aliphatic heterocycles. The van der Waals surface area contributed by atoms with Gasteiger partial charge in [-0.2, -0.15) is 15.6 Å². The molecule has 0 bridgehead atoms. The van der Waals surface area contributed by atoms with E-state index in [1.54, 1.807) is 12.1 Å². The summed E-state index contributed by atoms with van der Waals surface area (Å²) < 4.78 is 0. The van der Waals surface area contributed by atoms with Crippen molar-refractivity contribution in [2.24, 2.45) is 5.10 Å². The van der Waals surface area contributed by atoms with Gasteiger partial charge in [0, 0.05) is 0 Å². The van der Waals surface area contributed by atoms with Crippen molar-refractivity contribution in [2.75, 3.05) is 5.43 Å². The van der Waals surface area contributed by atoms with E-state index in [0.717, 1.165) is 16.8 Å². The van der Waals surface area contributed by atoms with Gasteiger partial charge in [-0.3, -0.25) is 5.43 Å². The van der Waals surface area contributed by atoms with E-state index >= 15 is 0 Å². The predicted octanol–water partition coefficient (Wildman–Crippen LogP) is 2.12. The van der Waals surface area contributed by atoms with Crippen molar-refractivity contribution in [3.8, 4) is 12.1 Å². The Hall–Kier alpha value is -2.33. The molecule has 0 aliphatic rings. The number of hydrazone groups is 1. The van der Waals surface area contributed by atoms with E-state index in [1.807, 2.05) is 32.0 Å². The molecule has 74 valence electrons. The van der Waals surface area contributed by atoms with E-state index in [9.17, 15) is 0 Å². The Kier molecular flexibility index (Phi) is 3.43. The second kappa shape index (κ2) is 4.78. The monoisotopic (exact) mass is 198 g/mol. The maximum absolute atomic E-state index is 8.48. The fourth-order valence-corrected chi connectivity index (χ4v) is 1.05. The van der Waals surface area contributed by atoms with Crippen LogP contribution in [0.15, 0.2) is 23.3 Å². The predicted molar refractivity (Wildman–Crippen MR) is 58.2 cm³/mol. The molecule has 15 heavy (non-hydrogen) atoms. The van der Waals surface area contributed by atoms with Gasteiger partial charge < -0.3 is 0 Å². The fourth-order valence-electron chi connectivity index (χ4n) is 1.05. The molecule has 0 radical (unpaired) electrons. The van der Waals surface area contributed by atoms with Crippen molar-refractivity contribution in [3.63, 3.8) is 0 Å². The van der Waals surface area contributed by atoms with Gasteiger partial charge in [-0.1, -0.05) is 12.1 Å². The lowest BCUT2D eigenvalue weighted by molar-refractivity contribution is 1.28. The lowest BCUT2D eigenvalue weighted by Crippen LogP contribution is -1.98. The Morgan fingerprint density at radius 1 is 1.27 bits per heavy atom. The maximum Gasteiger partial charge on any atom is 0.237 e. The molecular weight excluding hydrogens is 188 g/mol. The number of nitriles is 2. The molecule has 1 rings (SSSR count). The van der Waals surface area contributed by atoms with E-state index in [0.29, 0.717) is 0 Å². The van der Waals surface area contributed by atoms with Crippen LogP contribution in [-0.2, 0) is 0 Å². The van der Waals surface area contributed by atoms with Gasteiger partial charge in [-0.15, -0.1) is 0 Å². The van der Waals surface area contributed by atoms with Gasteiger partial charge >= 0.3 is 0 Å². The largest absolute Gasteiger partial charge is 0.276 e. The van der Waals surface area contributed by atoms with E-state index in [2.05, 4.69) is 10.5 Å². The summed E-state index contributed by atoms with van der Waals surface area (Å²) in [4.78, 5) is 0. The first-order valence-electron chi connectivity index (χ1n) is 4.38. The number of nitrogens with zero attached hydrogens (tertiary/aromatic N) is 3. The van der Waals surface area contributed by atoms with Gasteiger partial charge in [0.15, 0.2) is 0 Å². The smallest absolute Gasteiger partial charge is 0.237 e. The van der Waals surface area contributed by atoms with Gasteiger partial charge in [0.05, 0.1) is 5.69 Å². The molecule has 0 fully saturated rings. The highest BCUT2D eigenvalue weighted by Gasteiger charge is 1.98. The van der Waals surface area contributed by atoms with Crippen LogP contribution in [0.5, 0.6) is 0 Å². The van der Waals surface area contributed by atoms with E-state index in [-0.39, 0.29) is 5.71 Å². The summed E-state index contributed by atoms with van der Waals surface area (Å²) in [5.74, 6) is 0. The number of aryl methyl sites for hydroxylation is 2. The molecule has 0 unspecified atom stereocenters. The lowest BCUT2D eigenvalue weighted by atomic mass is 10.1. The molecule has 0 aromatic heterocycles. The second-order valence-electron chi connectivity index (χ2n) is 3.11. The molecule has 0 aliphatic carbocycles. The van der Waals surface area contributed by atoms with E-state index in [4.69, 9.17) is 10.5 Å². The standard InChI is InChI=1S/C11H10N4/c1-8-3-4-9(2)11(5-8)15-14-10(6-12)7-13/h3-5,15H,1-2H3. The van der Waals surface area contributed by atoms with Crippen LogP contribution in [-0.4, -0.2) is 5.71 Å². The van der Waals surface area contributed by atoms with Gasteiger partial charge in [-0.25, -0.2) is 0 Å². The third-order valence-electron chi connectivity index (χ3n) is 1.89. The summed E-state index contributed by atoms with van der Waals surface area (Å²) in [6.07, 6.45) is 0. The SMILES string of the molecule is Cc1ccc(C)c(NN=C(C#N)C#N)c1. The first-order chi connectivity index (χ1) is 7.17. The Labute approximate surface area is 88.5 Å². The zero-order valence-electron chi connectivity index (χ0n) is 8.57. The number of nitrogens with one attached hydrogen (secondary N) is 1. The van der Waals surface area contributed by atoms with Crippen LogP contribution >= 0.6 is 0 Å². The maximum atomic E-state index is 8.48. The highest BCUT2D eigenvalue weighted by molar-refractivity contribution is 6.10. The Morgan fingerprint density at radius 2 is 1.93 bits per heavy atom. The molecular formula is C11H10N4. The second-order valence-corrected chi connectivity index (χ2v) is 3.11. The minimum absolute atomic E-state index is 0.184. The zero-order valence-corrected chi connectivity index (χ0v) is 8.57. The lowest BCUT2D eigenvalue weighted by Gasteiger charge is -2.05. The minimum atomic E-state index is -0.184. The van der Waals surface area contributed by atoms with Crippen molar-refractivity contribution in [3.05, 3.63) is 29.3 Å². The number of rotatable bonds is 2. The third kappa shape index (κ3) is 2.82. The Bertz CT molecular complexity index is 458. The first kappa shape index (κ1) is 10.7. The van der Waals surface area contributed by atoms with Gasteiger partial charge in [0.2, 0.25) is 5.71 Å². The molecule has 0 spiro atoms. The zero-order chi connectivity index (χ0) is 11.3. The normalized spacial score (nSPS) is 8.53. The van der Waals surface area contributed by atoms with E-state index < -0.39 is 0 Å². The van der Waals surface area contributed by atoms with Crippen molar-refractivity contribution in [1.29, 1.82) is 10.5 Å². The quantitative estimate of drug-likeness (QED) is 0.584. The molecule has 0 heterocycles. The molecule has 1 N–H and O–H groups in total. The van der Waals surface area contributed by atoms with Gasteiger partial charge in [0.25, 0.3) is 0 Å². The molecule has 1 aromatic carbocycles. The summed E-state index contributed by atoms with van der Waals surface area (Å²) in [5, 5.41) is 20.6. The van der Waals surface area contributed by atoms with Crippen molar-refractivity contribution in [1.82, 2.24) is 0 Å². The summed E-state index contributed by atoms with van der Waals surface area (Å²) in [7, 11) is 0. The Balaban J connectivity index is 2.92. The summed E-state index contributed by atoms with van der Waals surface area (Å²) >= 11 is 0. The van der Waals surface area contributed by atoms with Crippen LogP contribution in [0.4, 0.5) is 5.69 Å². The van der Waals surface area contributed by atoms with Crippen molar-refractivity contribution >= 4 is 11.4 Å². The van der Waals surface area contributed by atoms with Crippen LogP contribution in [0, 0.1) is 36.5 Å². The Morgan fingerprint density at radius 3 is 2.53 bits per heavy atom.